The average molecular weight is 477 g/mol. The van der Waals surface area contributed by atoms with E-state index in [1.165, 1.54) is 12.8 Å². The maximum absolute atomic E-state index is 11.7. The van der Waals surface area contributed by atoms with Crippen molar-refractivity contribution in [3.63, 3.8) is 0 Å². The molecule has 5 rings (SSSR count). The van der Waals surface area contributed by atoms with Crippen molar-refractivity contribution >= 4 is 22.4 Å². The van der Waals surface area contributed by atoms with Crippen molar-refractivity contribution in [1.82, 2.24) is 4.98 Å². The fourth-order valence-corrected chi connectivity index (χ4v) is 5.78. The number of thiazole rings is 1. The first kappa shape index (κ1) is 24.7. The summed E-state index contributed by atoms with van der Waals surface area (Å²) in [6, 6.07) is 28.1. The molecule has 3 aromatic carbocycles. The van der Waals surface area contributed by atoms with Crippen molar-refractivity contribution in [1.29, 1.82) is 0 Å². The Morgan fingerprint density at radius 3 is 2.12 bits per heavy atom. The Kier molecular flexibility index (Phi) is 8.22. The number of carboxylic acids is 1. The Morgan fingerprint density at radius 1 is 0.882 bits per heavy atom. The van der Waals surface area contributed by atoms with E-state index in [1.54, 1.807) is 23.5 Å². The third-order valence-corrected chi connectivity index (χ3v) is 7.43. The third-order valence-electron chi connectivity index (χ3n) is 6.29. The van der Waals surface area contributed by atoms with Crippen LogP contribution in [0.3, 0.4) is 0 Å². The zero-order valence-corrected chi connectivity index (χ0v) is 22.1. The van der Waals surface area contributed by atoms with Gasteiger partial charge in [-0.2, -0.15) is 0 Å². The predicted octanol–water partition coefficient (Wildman–Crippen LogP) is 2.79. The van der Waals surface area contributed by atoms with Crippen molar-refractivity contribution in [3.05, 3.63) is 96.1 Å². The first-order valence-corrected chi connectivity index (χ1v) is 12.2. The van der Waals surface area contributed by atoms with Gasteiger partial charge < -0.3 is 14.8 Å². The van der Waals surface area contributed by atoms with Crippen LogP contribution in [0.15, 0.2) is 84.9 Å². The topological polar surface area (TPSA) is 56.3 Å². The molecule has 0 N–H and O–H groups in total. The predicted molar refractivity (Wildman–Crippen MR) is 132 cm³/mol. The van der Waals surface area contributed by atoms with E-state index in [9.17, 15) is 9.90 Å². The van der Waals surface area contributed by atoms with Crippen molar-refractivity contribution in [2.45, 2.75) is 38.3 Å². The van der Waals surface area contributed by atoms with E-state index in [0.717, 1.165) is 45.2 Å². The van der Waals surface area contributed by atoms with Gasteiger partial charge in [0.1, 0.15) is 0 Å². The summed E-state index contributed by atoms with van der Waals surface area (Å²) in [5, 5.41) is 12.7. The Balaban J connectivity index is 0.00000274. The molecule has 1 heterocycles. The van der Waals surface area contributed by atoms with Gasteiger partial charge in [-0.3, -0.25) is 0 Å². The fraction of sp³-hybridized carbons (Fsp3) is 0.214. The molecule has 1 aromatic heterocycles. The molecule has 166 valence electrons. The summed E-state index contributed by atoms with van der Waals surface area (Å²) in [6.07, 6.45) is 4.56. The van der Waals surface area contributed by atoms with E-state index in [0.29, 0.717) is 12.6 Å². The Hall–Kier alpha value is -2.44. The van der Waals surface area contributed by atoms with E-state index in [4.69, 9.17) is 4.98 Å². The molecule has 34 heavy (non-hydrogen) atoms. The van der Waals surface area contributed by atoms with Gasteiger partial charge in [0.15, 0.2) is 5.13 Å². The summed E-state index contributed by atoms with van der Waals surface area (Å²) in [5.41, 5.74) is 4.21. The van der Waals surface area contributed by atoms with E-state index < -0.39 is 5.97 Å². The minimum absolute atomic E-state index is 0. The number of hydrogen-bond donors (Lipinski definition) is 0. The first-order chi connectivity index (χ1) is 16.2. The van der Waals surface area contributed by atoms with E-state index >= 15 is 0 Å². The molecule has 6 heteroatoms. The summed E-state index contributed by atoms with van der Waals surface area (Å²) in [6.45, 7) is 0.505. The monoisotopic (exact) mass is 476 g/mol. The Morgan fingerprint density at radius 2 is 1.47 bits per heavy atom. The summed E-state index contributed by atoms with van der Waals surface area (Å²) >= 11 is 1.69. The van der Waals surface area contributed by atoms with Gasteiger partial charge in [0, 0.05) is 23.7 Å². The number of benzene rings is 3. The number of hydrogen-bond acceptors (Lipinski definition) is 5. The quantitative estimate of drug-likeness (QED) is 0.385. The van der Waals surface area contributed by atoms with Crippen LogP contribution in [0.2, 0.25) is 0 Å². The molecule has 4 nitrogen and oxygen atoms in total. The summed E-state index contributed by atoms with van der Waals surface area (Å²) in [4.78, 5) is 20.4. The van der Waals surface area contributed by atoms with Gasteiger partial charge in [0.25, 0.3) is 0 Å². The number of anilines is 1. The molecule has 0 aliphatic heterocycles. The normalized spacial score (nSPS) is 13.4. The van der Waals surface area contributed by atoms with Crippen LogP contribution in [-0.4, -0.2) is 17.0 Å². The van der Waals surface area contributed by atoms with Crippen molar-refractivity contribution in [2.24, 2.45) is 0 Å². The Labute approximate surface area is 226 Å². The molecule has 1 fully saturated rings. The molecular weight excluding hydrogens is 451 g/mol. The van der Waals surface area contributed by atoms with Gasteiger partial charge >= 0.3 is 29.6 Å². The second-order valence-electron chi connectivity index (χ2n) is 8.42. The maximum Gasteiger partial charge on any atom is 1.00 e. The van der Waals surface area contributed by atoms with Gasteiger partial charge in [-0.05, 0) is 24.0 Å². The smallest absolute Gasteiger partial charge is 0.545 e. The summed E-state index contributed by atoms with van der Waals surface area (Å²) < 4.78 is 0. The first-order valence-electron chi connectivity index (χ1n) is 11.4. The number of carboxylic acid groups (broad SMARTS) is 1. The molecule has 0 unspecified atom stereocenters. The van der Waals surface area contributed by atoms with Crippen LogP contribution in [0.1, 0.15) is 41.6 Å². The standard InChI is InChI=1S/C28H26N2O2S.Na/c31-27(32)24-18-10-7-15-22(24)19-30(23-16-8-9-17-23)28-29-25(20-11-3-1-4-12-20)26(33-28)21-13-5-2-6-14-21;/h1-7,10-15,18,23H,8-9,16-17,19H2,(H,31,32);/q;+1/p-1. The molecule has 0 saturated heterocycles. The maximum atomic E-state index is 11.7. The third kappa shape index (κ3) is 5.28. The molecule has 0 radical (unpaired) electrons. The molecular formula is C28H25N2NaO2S. The van der Waals surface area contributed by atoms with Gasteiger partial charge in [-0.15, -0.1) is 0 Å². The molecule has 0 bridgehead atoms. The van der Waals surface area contributed by atoms with Gasteiger partial charge in [0.2, 0.25) is 0 Å². The van der Waals surface area contributed by atoms with Crippen LogP contribution >= 0.6 is 11.3 Å². The molecule has 0 amide bonds. The number of rotatable bonds is 7. The van der Waals surface area contributed by atoms with Gasteiger partial charge in [0.05, 0.1) is 16.5 Å². The second-order valence-corrected chi connectivity index (χ2v) is 9.39. The van der Waals surface area contributed by atoms with Crippen LogP contribution in [0, 0.1) is 0 Å². The summed E-state index contributed by atoms with van der Waals surface area (Å²) in [5.74, 6) is -1.13. The van der Waals surface area contributed by atoms with Crippen molar-refractivity contribution in [3.8, 4) is 21.7 Å². The zero-order valence-electron chi connectivity index (χ0n) is 19.3. The fourth-order valence-electron chi connectivity index (χ4n) is 4.62. The minimum atomic E-state index is -1.13. The van der Waals surface area contributed by atoms with Crippen LogP contribution in [0.4, 0.5) is 5.13 Å². The van der Waals surface area contributed by atoms with Crippen LogP contribution in [0.25, 0.3) is 21.7 Å². The molecule has 0 atom stereocenters. The SMILES string of the molecule is O=C([O-])c1ccccc1CN(c1nc(-c2ccccc2)c(-c2ccccc2)s1)C1CCCC1.[Na+]. The van der Waals surface area contributed by atoms with E-state index in [2.05, 4.69) is 29.2 Å². The second kappa shape index (κ2) is 11.3. The summed E-state index contributed by atoms with van der Waals surface area (Å²) in [7, 11) is 0. The zero-order chi connectivity index (χ0) is 22.6. The van der Waals surface area contributed by atoms with Crippen LogP contribution in [0.5, 0.6) is 0 Å². The molecule has 1 aliphatic carbocycles. The molecule has 0 spiro atoms. The van der Waals surface area contributed by atoms with E-state index in [1.807, 2.05) is 48.5 Å². The largest absolute Gasteiger partial charge is 1.00 e. The number of aromatic carboxylic acids is 1. The number of carbonyl (C=O) groups is 1. The molecule has 1 saturated carbocycles. The molecule has 4 aromatic rings. The number of aromatic nitrogens is 1. The number of nitrogens with zero attached hydrogens (tertiary/aromatic N) is 2. The Bertz CT molecular complexity index is 1180. The molecule has 1 aliphatic rings. The van der Waals surface area contributed by atoms with Crippen LogP contribution in [-0.2, 0) is 6.54 Å². The van der Waals surface area contributed by atoms with Crippen molar-refractivity contribution < 1.29 is 39.5 Å². The minimum Gasteiger partial charge on any atom is -0.545 e. The number of carbonyl (C=O) groups excluding carboxylic acids is 1. The van der Waals surface area contributed by atoms with Gasteiger partial charge in [-0.1, -0.05) is 109 Å². The van der Waals surface area contributed by atoms with Crippen molar-refractivity contribution in [2.75, 3.05) is 4.90 Å². The van der Waals surface area contributed by atoms with Crippen LogP contribution < -0.4 is 39.6 Å². The van der Waals surface area contributed by atoms with E-state index in [-0.39, 0.29) is 35.1 Å². The average Bonchev–Trinajstić information content (AvgIpc) is 3.55. The van der Waals surface area contributed by atoms with Gasteiger partial charge in [-0.25, -0.2) is 4.98 Å².